The molecule has 2 aromatic heterocycles. The summed E-state index contributed by atoms with van der Waals surface area (Å²) in [5.41, 5.74) is 5.55. The maximum absolute atomic E-state index is 12.8. The van der Waals surface area contributed by atoms with Crippen molar-refractivity contribution in [1.29, 1.82) is 0 Å². The number of imidazole rings is 1. The van der Waals surface area contributed by atoms with Crippen LogP contribution in [0.15, 0.2) is 66.9 Å². The van der Waals surface area contributed by atoms with E-state index in [0.29, 0.717) is 17.7 Å². The number of benzene rings is 2. The molecule has 2 atom stereocenters. The molecule has 1 fully saturated rings. The fourth-order valence-electron chi connectivity index (χ4n) is 6.18. The second kappa shape index (κ2) is 10.1. The molecule has 6 rings (SSSR count). The molecule has 2 aliphatic heterocycles. The highest BCUT2D eigenvalue weighted by Crippen LogP contribution is 2.41. The number of likely N-dealkylation sites (tertiary alicyclic amines) is 1. The van der Waals surface area contributed by atoms with Crippen molar-refractivity contribution in [2.45, 2.75) is 57.7 Å². The number of aryl methyl sites for hydroxylation is 2. The van der Waals surface area contributed by atoms with Crippen LogP contribution in [-0.2, 0) is 6.54 Å². The van der Waals surface area contributed by atoms with Crippen molar-refractivity contribution in [1.82, 2.24) is 24.3 Å². The fourth-order valence-corrected chi connectivity index (χ4v) is 6.18. The van der Waals surface area contributed by atoms with E-state index in [-0.39, 0.29) is 23.9 Å². The third-order valence-corrected chi connectivity index (χ3v) is 8.18. The first kappa shape index (κ1) is 24.5. The topological polar surface area (TPSA) is 71.3 Å². The molecule has 0 saturated carbocycles. The Hall–Kier alpha value is -3.84. The number of fused-ring (bicyclic) bond motifs is 2. The number of unbranched alkanes of at least 4 members (excludes halogenated alkanes) is 1. The Bertz CT molecular complexity index is 1470. The lowest BCUT2D eigenvalue weighted by molar-refractivity contribution is 0.0651. The zero-order valence-corrected chi connectivity index (χ0v) is 22.0. The van der Waals surface area contributed by atoms with Crippen LogP contribution in [0.4, 0.5) is 0 Å². The first-order valence-electron chi connectivity index (χ1n) is 13.6. The number of amides is 2. The van der Waals surface area contributed by atoms with Gasteiger partial charge in [-0.15, -0.1) is 0 Å². The fraction of sp³-hybridized carbons (Fsp3) is 0.355. The Kier molecular flexibility index (Phi) is 6.54. The van der Waals surface area contributed by atoms with Crippen LogP contribution in [0.2, 0.25) is 0 Å². The molecule has 0 spiro atoms. The molecule has 2 aromatic carbocycles. The number of imide groups is 1. The van der Waals surface area contributed by atoms with Gasteiger partial charge in [0.2, 0.25) is 0 Å². The number of piperidine rings is 1. The minimum Gasteiger partial charge on any atom is -0.327 e. The largest absolute Gasteiger partial charge is 0.327 e. The summed E-state index contributed by atoms with van der Waals surface area (Å²) >= 11 is 0. The number of para-hydroxylation sites is 2. The summed E-state index contributed by atoms with van der Waals surface area (Å²) in [5.74, 6) is 0.728. The van der Waals surface area contributed by atoms with Gasteiger partial charge in [-0.05, 0) is 82.0 Å². The van der Waals surface area contributed by atoms with Crippen molar-refractivity contribution in [3.63, 3.8) is 0 Å². The lowest BCUT2D eigenvalue weighted by Crippen LogP contribution is -2.35. The van der Waals surface area contributed by atoms with Crippen molar-refractivity contribution in [2.75, 3.05) is 13.6 Å². The van der Waals surface area contributed by atoms with Gasteiger partial charge in [0, 0.05) is 19.3 Å². The third-order valence-electron chi connectivity index (χ3n) is 8.18. The summed E-state index contributed by atoms with van der Waals surface area (Å²) in [6.07, 6.45) is 6.75. The van der Waals surface area contributed by atoms with E-state index in [0.717, 1.165) is 61.2 Å². The highest BCUT2D eigenvalue weighted by molar-refractivity contribution is 6.21. The maximum Gasteiger partial charge on any atom is 0.261 e. The van der Waals surface area contributed by atoms with Crippen LogP contribution in [0.5, 0.6) is 0 Å². The summed E-state index contributed by atoms with van der Waals surface area (Å²) in [7, 11) is 2.20. The molecular formula is C31H33N5O2. The lowest BCUT2D eigenvalue weighted by Gasteiger charge is -2.39. The molecule has 2 amide bonds. The van der Waals surface area contributed by atoms with Crippen LogP contribution in [-0.4, -0.2) is 49.7 Å². The van der Waals surface area contributed by atoms with Crippen LogP contribution in [0.1, 0.15) is 82.0 Å². The molecule has 2 aliphatic rings. The van der Waals surface area contributed by atoms with E-state index < -0.39 is 0 Å². The molecule has 0 aliphatic carbocycles. The molecule has 7 nitrogen and oxygen atoms in total. The SMILES string of the molecule is Cc1cccnc1[C@@H]1CCC[C@H](c2nc3ccccc3n2CCCCN2C(=O)c3ccccc3C2=O)N1C. The number of hydrogen-bond donors (Lipinski definition) is 0. The number of nitrogens with zero attached hydrogens (tertiary/aromatic N) is 5. The average Bonchev–Trinajstić information content (AvgIpc) is 3.42. The summed E-state index contributed by atoms with van der Waals surface area (Å²) in [6, 6.07) is 20.0. The number of aromatic nitrogens is 3. The summed E-state index contributed by atoms with van der Waals surface area (Å²) in [4.78, 5) is 39.2. The first-order chi connectivity index (χ1) is 18.5. The van der Waals surface area contributed by atoms with Crippen molar-refractivity contribution in [2.24, 2.45) is 0 Å². The van der Waals surface area contributed by atoms with E-state index in [2.05, 4.69) is 47.7 Å². The Balaban J connectivity index is 1.21. The quantitative estimate of drug-likeness (QED) is 0.237. The van der Waals surface area contributed by atoms with Crippen LogP contribution in [0, 0.1) is 6.92 Å². The summed E-state index contributed by atoms with van der Waals surface area (Å²) in [5, 5.41) is 0. The monoisotopic (exact) mass is 507 g/mol. The molecule has 4 heterocycles. The van der Waals surface area contributed by atoms with Crippen molar-refractivity contribution in [3.05, 3.63) is 95.1 Å². The van der Waals surface area contributed by atoms with Gasteiger partial charge in [0.15, 0.2) is 0 Å². The molecule has 0 N–H and O–H groups in total. The predicted octanol–water partition coefficient (Wildman–Crippen LogP) is 5.71. The van der Waals surface area contributed by atoms with E-state index in [9.17, 15) is 9.59 Å². The third kappa shape index (κ3) is 4.21. The second-order valence-electron chi connectivity index (χ2n) is 10.5. The predicted molar refractivity (Wildman–Crippen MR) is 147 cm³/mol. The van der Waals surface area contributed by atoms with E-state index in [1.54, 1.807) is 24.3 Å². The van der Waals surface area contributed by atoms with Crippen LogP contribution in [0.3, 0.4) is 0 Å². The number of carbonyl (C=O) groups excluding carboxylic acids is 2. The van der Waals surface area contributed by atoms with Gasteiger partial charge in [0.1, 0.15) is 5.82 Å². The number of carbonyl (C=O) groups is 2. The minimum atomic E-state index is -0.181. The van der Waals surface area contributed by atoms with Gasteiger partial charge in [0.05, 0.1) is 39.9 Å². The zero-order chi connectivity index (χ0) is 26.2. The first-order valence-corrected chi connectivity index (χ1v) is 13.6. The molecule has 4 aromatic rings. The smallest absolute Gasteiger partial charge is 0.261 e. The summed E-state index contributed by atoms with van der Waals surface area (Å²) < 4.78 is 2.35. The van der Waals surface area contributed by atoms with Gasteiger partial charge < -0.3 is 4.57 Å². The van der Waals surface area contributed by atoms with Gasteiger partial charge in [0.25, 0.3) is 11.8 Å². The highest BCUT2D eigenvalue weighted by atomic mass is 16.2. The van der Waals surface area contributed by atoms with Gasteiger partial charge in [-0.25, -0.2) is 4.98 Å². The lowest BCUT2D eigenvalue weighted by atomic mass is 9.92. The minimum absolute atomic E-state index is 0.181. The molecule has 38 heavy (non-hydrogen) atoms. The van der Waals surface area contributed by atoms with Gasteiger partial charge in [-0.2, -0.15) is 0 Å². The summed E-state index contributed by atoms with van der Waals surface area (Å²) in [6.45, 7) is 3.36. The van der Waals surface area contributed by atoms with E-state index >= 15 is 0 Å². The Morgan fingerprint density at radius 3 is 2.29 bits per heavy atom. The molecular weight excluding hydrogens is 474 g/mol. The van der Waals surface area contributed by atoms with Gasteiger partial charge in [-0.3, -0.25) is 24.4 Å². The van der Waals surface area contributed by atoms with Gasteiger partial charge in [-0.1, -0.05) is 30.3 Å². The Labute approximate surface area is 223 Å². The van der Waals surface area contributed by atoms with Crippen LogP contribution < -0.4 is 0 Å². The van der Waals surface area contributed by atoms with Crippen molar-refractivity contribution >= 4 is 22.8 Å². The molecule has 0 bridgehead atoms. The van der Waals surface area contributed by atoms with E-state index in [1.807, 2.05) is 18.3 Å². The number of rotatable bonds is 7. The van der Waals surface area contributed by atoms with Crippen LogP contribution >= 0.6 is 0 Å². The van der Waals surface area contributed by atoms with Crippen LogP contribution in [0.25, 0.3) is 11.0 Å². The maximum atomic E-state index is 12.8. The molecule has 194 valence electrons. The van der Waals surface area contributed by atoms with Crippen molar-refractivity contribution in [3.8, 4) is 0 Å². The Morgan fingerprint density at radius 2 is 1.53 bits per heavy atom. The highest BCUT2D eigenvalue weighted by Gasteiger charge is 2.35. The number of pyridine rings is 1. The molecule has 0 radical (unpaired) electrons. The van der Waals surface area contributed by atoms with E-state index in [1.165, 1.54) is 10.5 Å². The second-order valence-corrected chi connectivity index (χ2v) is 10.5. The molecule has 1 saturated heterocycles. The molecule has 7 heteroatoms. The standard InChI is InChI=1S/C31H33N5O2/c1-21-11-10-18-32-28(21)26-16-9-17-27(34(26)2)29-33-24-14-5-6-15-25(24)35(29)19-7-8-20-36-30(37)22-12-3-4-13-23(22)31(36)38/h3-6,10-15,18,26-27H,7-9,16-17,19-20H2,1-2H3/t26-,27+/m0/s1. The average molecular weight is 508 g/mol. The normalized spacial score (nSPS) is 19.9. The van der Waals surface area contributed by atoms with Gasteiger partial charge >= 0.3 is 0 Å². The molecule has 0 unspecified atom stereocenters. The number of hydrogen-bond acceptors (Lipinski definition) is 5. The van der Waals surface area contributed by atoms with Crippen molar-refractivity contribution < 1.29 is 9.59 Å². The zero-order valence-electron chi connectivity index (χ0n) is 22.0. The van der Waals surface area contributed by atoms with E-state index in [4.69, 9.17) is 9.97 Å². The Morgan fingerprint density at radius 1 is 0.842 bits per heavy atom.